The molecular weight excluding hydrogens is 1200 g/mol. The number of benzene rings is 11. The Bertz CT molecular complexity index is 3110. The molecule has 0 aromatic heterocycles. The summed E-state index contributed by atoms with van der Waals surface area (Å²) in [5.74, 6) is 4.97. The van der Waals surface area contributed by atoms with Gasteiger partial charge in [-0.2, -0.15) is 0 Å². The van der Waals surface area contributed by atoms with Gasteiger partial charge in [-0.05, 0) is 93.0 Å². The first-order valence-corrected chi connectivity index (χ1v) is 24.4. The predicted molar refractivity (Wildman–Crippen MR) is 282 cm³/mol. The number of rotatable bonds is 6. The van der Waals surface area contributed by atoms with E-state index in [2.05, 4.69) is 218 Å². The molecule has 11 aromatic rings. The summed E-state index contributed by atoms with van der Waals surface area (Å²) in [6.07, 6.45) is 14.6. The second-order valence-electron chi connectivity index (χ2n) is 15.4. The fourth-order valence-electron chi connectivity index (χ4n) is 8.59. The molecule has 0 unspecified atom stereocenters. The van der Waals surface area contributed by atoms with Crippen molar-refractivity contribution >= 4 is 90.8 Å². The SMILES string of the molecule is [Au+].[Au+].[C-]#Cc1cccc2c1ccc1ccccc12.[C-]#Cc1cccc2c1ccc1ccccc12.c1ccc([PH+](c2ccccc2)c2ccccc2[PH+](c2ccccc2)c2ccccc2)cc1. The van der Waals surface area contributed by atoms with Gasteiger partial charge in [0.1, 0.15) is 47.7 Å². The maximum Gasteiger partial charge on any atom is 1.00 e. The standard InChI is InChI=1S/C30H24P2.2C16H9.2Au/c1-5-15-25(16-6-1)31(26-17-7-2-8-18-26)29-23-13-14-24-30(29)32(27-19-9-3-10-20-27)28-21-11-4-12-22-28;2*1-2-12-7-5-9-16-14-8-4-3-6-13(14)10-11-15(12)16;;/h1-24H;2*3-11H;;/q;2*-1;2*+1/p+2. The van der Waals surface area contributed by atoms with Crippen molar-refractivity contribution in [1.82, 2.24) is 0 Å². The van der Waals surface area contributed by atoms with Gasteiger partial charge < -0.3 is 12.8 Å². The third-order valence-electron chi connectivity index (χ3n) is 11.6. The molecule has 0 saturated heterocycles. The molecule has 0 aliphatic carbocycles. The van der Waals surface area contributed by atoms with Crippen LogP contribution in [-0.4, -0.2) is 0 Å². The van der Waals surface area contributed by atoms with Crippen molar-refractivity contribution in [3.05, 3.63) is 279 Å². The van der Waals surface area contributed by atoms with Gasteiger partial charge >= 0.3 is 44.8 Å². The predicted octanol–water partition coefficient (Wildman–Crippen LogP) is 12.5. The van der Waals surface area contributed by atoms with Crippen molar-refractivity contribution in [3.8, 4) is 11.8 Å². The van der Waals surface area contributed by atoms with Gasteiger partial charge in [0.15, 0.2) is 0 Å². The minimum absolute atomic E-state index is 0. The first-order valence-electron chi connectivity index (χ1n) is 21.4. The van der Waals surface area contributed by atoms with Crippen LogP contribution in [0, 0.1) is 24.7 Å². The average molecular weight is 1240 g/mol. The van der Waals surface area contributed by atoms with Crippen molar-refractivity contribution in [1.29, 1.82) is 0 Å². The zero-order valence-corrected chi connectivity index (χ0v) is 42.2. The van der Waals surface area contributed by atoms with Crippen molar-refractivity contribution < 1.29 is 44.8 Å². The maximum atomic E-state index is 7.28. The first kappa shape index (κ1) is 47.9. The summed E-state index contributed by atoms with van der Waals surface area (Å²) in [6.45, 7) is 0. The first-order chi connectivity index (χ1) is 31.7. The van der Waals surface area contributed by atoms with Gasteiger partial charge in [0.25, 0.3) is 0 Å². The molecule has 0 bridgehead atoms. The summed E-state index contributed by atoms with van der Waals surface area (Å²) >= 11 is 0. The van der Waals surface area contributed by atoms with Gasteiger partial charge in [0.05, 0.1) is 0 Å². The van der Waals surface area contributed by atoms with Crippen LogP contribution in [0.2, 0.25) is 0 Å². The van der Waals surface area contributed by atoms with E-state index in [9.17, 15) is 0 Å². The van der Waals surface area contributed by atoms with Gasteiger partial charge in [-0.1, -0.05) is 193 Å². The molecule has 0 spiro atoms. The molecule has 11 aromatic carbocycles. The zero-order chi connectivity index (χ0) is 43.5. The molecular formula is C62H44Au2P2+2. The summed E-state index contributed by atoms with van der Waals surface area (Å²) in [5, 5.41) is 18.2. The average Bonchev–Trinajstić information content (AvgIpc) is 3.38. The largest absolute Gasteiger partial charge is 1.00 e. The Balaban J connectivity index is 0.000000160. The third kappa shape index (κ3) is 10.6. The fraction of sp³-hybridized carbons (Fsp3) is 0. The smallest absolute Gasteiger partial charge is 0.366 e. The van der Waals surface area contributed by atoms with Crippen LogP contribution in [0.5, 0.6) is 0 Å². The van der Waals surface area contributed by atoms with E-state index in [1.165, 1.54) is 64.1 Å². The van der Waals surface area contributed by atoms with Crippen molar-refractivity contribution in [3.63, 3.8) is 0 Å². The summed E-state index contributed by atoms with van der Waals surface area (Å²) in [7, 11) is -2.28. The second kappa shape index (κ2) is 23.4. The van der Waals surface area contributed by atoms with E-state index in [1.54, 1.807) is 0 Å². The molecule has 0 saturated carbocycles. The normalized spacial score (nSPS) is 10.4. The van der Waals surface area contributed by atoms with Crippen molar-refractivity contribution in [2.75, 3.05) is 0 Å². The molecule has 322 valence electrons. The monoisotopic (exact) mass is 1240 g/mol. The molecule has 11 rings (SSSR count). The molecule has 66 heavy (non-hydrogen) atoms. The van der Waals surface area contributed by atoms with E-state index in [0.29, 0.717) is 0 Å². The minimum Gasteiger partial charge on any atom is -0.366 e. The number of hydrogen-bond donors (Lipinski definition) is 0. The van der Waals surface area contributed by atoms with Gasteiger partial charge in [-0.25, -0.2) is 0 Å². The van der Waals surface area contributed by atoms with E-state index in [4.69, 9.17) is 12.8 Å². The van der Waals surface area contributed by atoms with Gasteiger partial charge in [0.2, 0.25) is 0 Å². The zero-order valence-electron chi connectivity index (χ0n) is 35.9. The molecule has 0 atom stereocenters. The van der Waals surface area contributed by atoms with Gasteiger partial charge in [-0.3, -0.25) is 11.8 Å². The topological polar surface area (TPSA) is 0 Å². The summed E-state index contributed by atoms with van der Waals surface area (Å²) in [6, 6.07) is 90.3. The summed E-state index contributed by atoms with van der Waals surface area (Å²) in [4.78, 5) is 0. The fourth-order valence-corrected chi connectivity index (χ4v) is 14.6. The van der Waals surface area contributed by atoms with Crippen LogP contribution in [0.4, 0.5) is 0 Å². The van der Waals surface area contributed by atoms with Crippen LogP contribution in [0.1, 0.15) is 11.1 Å². The Morgan fingerprint density at radius 1 is 0.242 bits per heavy atom. The molecule has 0 aliphatic rings. The van der Waals surface area contributed by atoms with Crippen LogP contribution in [0.15, 0.2) is 255 Å². The maximum absolute atomic E-state index is 7.28. The minimum atomic E-state index is -1.14. The Morgan fingerprint density at radius 2 is 0.530 bits per heavy atom. The Hall–Kier alpha value is -6.08. The van der Waals surface area contributed by atoms with Crippen LogP contribution in [-0.2, 0) is 44.8 Å². The molecule has 0 aliphatic heterocycles. The molecule has 0 nitrogen and oxygen atoms in total. The third-order valence-corrected chi connectivity index (χ3v) is 17.4. The Morgan fingerprint density at radius 3 is 0.864 bits per heavy atom. The van der Waals surface area contributed by atoms with Crippen molar-refractivity contribution in [2.45, 2.75) is 0 Å². The Labute approximate surface area is 422 Å². The van der Waals surface area contributed by atoms with Gasteiger partial charge in [0, 0.05) is 0 Å². The van der Waals surface area contributed by atoms with Gasteiger partial charge in [-0.15, -0.1) is 23.3 Å². The van der Waals surface area contributed by atoms with Crippen LogP contribution >= 0.6 is 15.8 Å². The molecule has 0 N–H and O–H groups in total. The molecule has 0 fully saturated rings. The van der Waals surface area contributed by atoms with Crippen LogP contribution < -0.4 is 31.8 Å². The molecule has 0 radical (unpaired) electrons. The quantitative estimate of drug-likeness (QED) is 0.0512. The number of hydrogen-bond acceptors (Lipinski definition) is 0. The van der Waals surface area contributed by atoms with E-state index in [-0.39, 0.29) is 44.8 Å². The van der Waals surface area contributed by atoms with E-state index >= 15 is 0 Å². The van der Waals surface area contributed by atoms with E-state index in [0.717, 1.165) is 21.9 Å². The molecule has 4 heteroatoms. The summed E-state index contributed by atoms with van der Waals surface area (Å²) in [5.41, 5.74) is 1.70. The van der Waals surface area contributed by atoms with E-state index in [1.807, 2.05) is 48.5 Å². The number of fused-ring (bicyclic) bond motifs is 6. The summed E-state index contributed by atoms with van der Waals surface area (Å²) < 4.78 is 0. The van der Waals surface area contributed by atoms with Crippen LogP contribution in [0.3, 0.4) is 0 Å². The Kier molecular flexibility index (Phi) is 17.0. The van der Waals surface area contributed by atoms with Crippen molar-refractivity contribution in [2.24, 2.45) is 0 Å². The molecule has 0 heterocycles. The molecule has 0 amide bonds. The van der Waals surface area contributed by atoms with E-state index < -0.39 is 15.8 Å². The second-order valence-corrected chi connectivity index (χ2v) is 20.3. The van der Waals surface area contributed by atoms with Crippen LogP contribution in [0.25, 0.3) is 43.1 Å².